The van der Waals surface area contributed by atoms with Crippen LogP contribution in [0.1, 0.15) is 22.8 Å². The molecule has 0 N–H and O–H groups in total. The van der Waals surface area contributed by atoms with E-state index in [-0.39, 0.29) is 12.3 Å². The van der Waals surface area contributed by atoms with E-state index >= 15 is 0 Å². The van der Waals surface area contributed by atoms with Gasteiger partial charge >= 0.3 is 5.97 Å². The van der Waals surface area contributed by atoms with Crippen molar-refractivity contribution in [2.45, 2.75) is 6.92 Å². The molecule has 0 saturated carbocycles. The van der Waals surface area contributed by atoms with E-state index in [0.717, 1.165) is 5.56 Å². The number of rotatable bonds is 7. The number of hydrogen-bond acceptors (Lipinski definition) is 6. The first kappa shape index (κ1) is 21.4. The molecule has 0 saturated heterocycles. The van der Waals surface area contributed by atoms with Gasteiger partial charge in [0, 0.05) is 33.8 Å². The summed E-state index contributed by atoms with van der Waals surface area (Å²) in [7, 11) is 0. The van der Waals surface area contributed by atoms with Crippen molar-refractivity contribution >= 4 is 51.9 Å². The van der Waals surface area contributed by atoms with Gasteiger partial charge in [-0.25, -0.2) is 9.79 Å². The predicted octanol–water partition coefficient (Wildman–Crippen LogP) is 6.57. The Labute approximate surface area is 182 Å². The summed E-state index contributed by atoms with van der Waals surface area (Å²) in [6, 6.07) is 13.6. The third-order valence-corrected chi connectivity index (χ3v) is 5.32. The third kappa shape index (κ3) is 4.82. The molecule has 3 rings (SSSR count). The van der Waals surface area contributed by atoms with E-state index in [2.05, 4.69) is 4.99 Å². The summed E-state index contributed by atoms with van der Waals surface area (Å²) < 4.78 is 5.20. The van der Waals surface area contributed by atoms with Crippen LogP contribution in [0.5, 0.6) is 0 Å². The molecule has 1 heterocycles. The minimum atomic E-state index is -0.483. The van der Waals surface area contributed by atoms with E-state index in [0.29, 0.717) is 26.7 Å². The molecule has 3 aromatic rings. The molecule has 1 aromatic heterocycles. The largest absolute Gasteiger partial charge is 0.462 e. The van der Waals surface area contributed by atoms with Crippen molar-refractivity contribution in [2.24, 2.45) is 4.99 Å². The smallest absolute Gasteiger partial charge is 0.341 e. The number of aliphatic imine (C=N–C) groups is 1. The number of nitro groups is 1. The molecule has 0 amide bonds. The number of hydrogen-bond donors (Lipinski definition) is 0. The summed E-state index contributed by atoms with van der Waals surface area (Å²) in [5, 5.41) is 13.9. The SMILES string of the molecule is CCOC(=O)c1c(-c2ccccc2Cl)csc1N=CC=Cc1ccccc1[N+](=O)[O-]. The Kier molecular flexibility index (Phi) is 7.11. The van der Waals surface area contributed by atoms with Gasteiger partial charge in [0.1, 0.15) is 10.6 Å². The highest BCUT2D eigenvalue weighted by Gasteiger charge is 2.22. The lowest BCUT2D eigenvalue weighted by atomic mass is 10.0. The van der Waals surface area contributed by atoms with Gasteiger partial charge in [-0.1, -0.05) is 41.9 Å². The first-order valence-electron chi connectivity index (χ1n) is 9.00. The van der Waals surface area contributed by atoms with Crippen molar-refractivity contribution in [3.63, 3.8) is 0 Å². The summed E-state index contributed by atoms with van der Waals surface area (Å²) in [5.41, 5.74) is 2.17. The van der Waals surface area contributed by atoms with Crippen LogP contribution in [0.2, 0.25) is 5.02 Å². The monoisotopic (exact) mass is 440 g/mol. The molecule has 0 bridgehead atoms. The van der Waals surface area contributed by atoms with Crippen LogP contribution in [0.3, 0.4) is 0 Å². The fourth-order valence-corrected chi connectivity index (χ4v) is 3.92. The molecule has 0 aliphatic carbocycles. The number of benzene rings is 2. The highest BCUT2D eigenvalue weighted by Crippen LogP contribution is 2.40. The van der Waals surface area contributed by atoms with Gasteiger partial charge in [-0.05, 0) is 31.2 Å². The van der Waals surface area contributed by atoms with Crippen molar-refractivity contribution in [3.8, 4) is 11.1 Å². The van der Waals surface area contributed by atoms with E-state index in [9.17, 15) is 14.9 Å². The lowest BCUT2D eigenvalue weighted by molar-refractivity contribution is -0.385. The lowest BCUT2D eigenvalue weighted by Gasteiger charge is -2.07. The molecule has 0 aliphatic heterocycles. The second kappa shape index (κ2) is 9.96. The Morgan fingerprint density at radius 1 is 1.20 bits per heavy atom. The Balaban J connectivity index is 1.94. The van der Waals surface area contributed by atoms with Crippen LogP contribution < -0.4 is 0 Å². The van der Waals surface area contributed by atoms with E-state index < -0.39 is 10.9 Å². The molecule has 30 heavy (non-hydrogen) atoms. The van der Waals surface area contributed by atoms with Crippen LogP contribution in [-0.2, 0) is 4.74 Å². The molecule has 0 radical (unpaired) electrons. The fourth-order valence-electron chi connectivity index (χ4n) is 2.77. The Hall–Kier alpha value is -3.29. The van der Waals surface area contributed by atoms with Crippen LogP contribution in [0.25, 0.3) is 17.2 Å². The molecule has 0 aliphatic rings. The molecule has 0 unspecified atom stereocenters. The zero-order valence-corrected chi connectivity index (χ0v) is 17.5. The van der Waals surface area contributed by atoms with E-state index in [1.807, 2.05) is 23.6 Å². The average molecular weight is 441 g/mol. The van der Waals surface area contributed by atoms with Crippen LogP contribution in [0, 0.1) is 10.1 Å². The molecule has 152 valence electrons. The van der Waals surface area contributed by atoms with Crippen molar-refractivity contribution in [3.05, 3.63) is 86.3 Å². The Morgan fingerprint density at radius 3 is 2.67 bits per heavy atom. The number of nitrogens with zero attached hydrogens (tertiary/aromatic N) is 2. The topological polar surface area (TPSA) is 81.8 Å². The van der Waals surface area contributed by atoms with Crippen LogP contribution in [0.4, 0.5) is 10.7 Å². The highest BCUT2D eigenvalue weighted by molar-refractivity contribution is 7.14. The number of thiophene rings is 1. The van der Waals surface area contributed by atoms with Gasteiger partial charge in [-0.15, -0.1) is 11.3 Å². The summed E-state index contributed by atoms with van der Waals surface area (Å²) >= 11 is 7.59. The number of nitro benzene ring substituents is 1. The van der Waals surface area contributed by atoms with Crippen molar-refractivity contribution < 1.29 is 14.5 Å². The van der Waals surface area contributed by atoms with E-state index in [1.165, 1.54) is 23.6 Å². The highest BCUT2D eigenvalue weighted by atomic mass is 35.5. The standard InChI is InChI=1S/C22H17ClN2O4S/c1-2-29-22(26)20-17(16-10-4-5-11-18(16)23)14-30-21(20)24-13-7-9-15-8-3-6-12-19(15)25(27)28/h3-14H,2H2,1H3. The maximum atomic E-state index is 12.6. The normalized spacial score (nSPS) is 11.3. The summed E-state index contributed by atoms with van der Waals surface area (Å²) in [5.74, 6) is -0.483. The van der Waals surface area contributed by atoms with Gasteiger partial charge in [0.15, 0.2) is 0 Å². The predicted molar refractivity (Wildman–Crippen MR) is 121 cm³/mol. The second-order valence-corrected chi connectivity index (χ2v) is 7.25. The zero-order chi connectivity index (χ0) is 21.5. The quantitative estimate of drug-likeness (QED) is 0.180. The second-order valence-electron chi connectivity index (χ2n) is 5.98. The van der Waals surface area contributed by atoms with Crippen LogP contribution in [0.15, 0.2) is 65.0 Å². The molecule has 2 aromatic carbocycles. The zero-order valence-electron chi connectivity index (χ0n) is 15.9. The number of carbonyl (C=O) groups is 1. The molecular formula is C22H17ClN2O4S. The minimum Gasteiger partial charge on any atom is -0.462 e. The molecule has 6 nitrogen and oxygen atoms in total. The van der Waals surface area contributed by atoms with Crippen molar-refractivity contribution in [1.82, 2.24) is 0 Å². The number of esters is 1. The van der Waals surface area contributed by atoms with Gasteiger partial charge in [0.25, 0.3) is 5.69 Å². The molecule has 0 fully saturated rings. The average Bonchev–Trinajstić information content (AvgIpc) is 3.15. The maximum Gasteiger partial charge on any atom is 0.341 e. The van der Waals surface area contributed by atoms with Gasteiger partial charge in [0.2, 0.25) is 0 Å². The van der Waals surface area contributed by atoms with Gasteiger partial charge in [-0.3, -0.25) is 10.1 Å². The third-order valence-electron chi connectivity index (χ3n) is 4.10. The first-order chi connectivity index (χ1) is 14.5. The molecular weight excluding hydrogens is 424 g/mol. The van der Waals surface area contributed by atoms with Crippen molar-refractivity contribution in [2.75, 3.05) is 6.61 Å². The number of ether oxygens (including phenoxy) is 1. The lowest BCUT2D eigenvalue weighted by Crippen LogP contribution is -2.05. The summed E-state index contributed by atoms with van der Waals surface area (Å²) in [6.07, 6.45) is 4.67. The summed E-state index contributed by atoms with van der Waals surface area (Å²) in [4.78, 5) is 27.6. The van der Waals surface area contributed by atoms with E-state index in [4.69, 9.17) is 16.3 Å². The fraction of sp³-hybridized carbons (Fsp3) is 0.0909. The van der Waals surface area contributed by atoms with Gasteiger partial charge in [-0.2, -0.15) is 0 Å². The Bertz CT molecular complexity index is 1140. The molecule has 8 heteroatoms. The number of halogens is 1. The van der Waals surface area contributed by atoms with Gasteiger partial charge in [0.05, 0.1) is 17.1 Å². The summed E-state index contributed by atoms with van der Waals surface area (Å²) in [6.45, 7) is 1.97. The molecule has 0 atom stereocenters. The Morgan fingerprint density at radius 2 is 1.93 bits per heavy atom. The van der Waals surface area contributed by atoms with Gasteiger partial charge < -0.3 is 4.74 Å². The first-order valence-corrected chi connectivity index (χ1v) is 10.3. The van der Waals surface area contributed by atoms with E-state index in [1.54, 1.807) is 43.3 Å². The molecule has 0 spiro atoms. The maximum absolute atomic E-state index is 12.6. The number of carbonyl (C=O) groups excluding carboxylic acids is 1. The minimum absolute atomic E-state index is 0.00601. The van der Waals surface area contributed by atoms with Crippen LogP contribution in [-0.4, -0.2) is 23.7 Å². The number of para-hydroxylation sites is 1. The number of allylic oxidation sites excluding steroid dienone is 1. The van der Waals surface area contributed by atoms with Crippen molar-refractivity contribution in [1.29, 1.82) is 0 Å². The van der Waals surface area contributed by atoms with Crippen LogP contribution >= 0.6 is 22.9 Å².